The molecule has 2 amide bonds. The van der Waals surface area contributed by atoms with Gasteiger partial charge >= 0.3 is 0 Å². The van der Waals surface area contributed by atoms with Gasteiger partial charge in [-0.2, -0.15) is 0 Å². The van der Waals surface area contributed by atoms with Crippen LogP contribution >= 0.6 is 11.3 Å². The second-order valence-corrected chi connectivity index (χ2v) is 8.07. The van der Waals surface area contributed by atoms with Gasteiger partial charge in [0.1, 0.15) is 0 Å². The summed E-state index contributed by atoms with van der Waals surface area (Å²) in [6, 6.07) is 0. The molecule has 0 aromatic carbocycles. The van der Waals surface area contributed by atoms with Crippen molar-refractivity contribution in [2.45, 2.75) is 44.4 Å². The third-order valence-corrected chi connectivity index (χ3v) is 6.08. The molecule has 1 aliphatic carbocycles. The van der Waals surface area contributed by atoms with Crippen LogP contribution in [0.25, 0.3) is 0 Å². The largest absolute Gasteiger partial charge is 0.355 e. The zero-order valence-electron chi connectivity index (χ0n) is 15.0. The molecule has 1 aromatic rings. The lowest BCUT2D eigenvalue weighted by Crippen LogP contribution is -2.51. The number of hydrogen-bond donors (Lipinski definition) is 1. The van der Waals surface area contributed by atoms with Crippen LogP contribution in [0.1, 0.15) is 48.7 Å². The summed E-state index contributed by atoms with van der Waals surface area (Å²) in [6.45, 7) is 2.69. The molecule has 7 heteroatoms. The summed E-state index contributed by atoms with van der Waals surface area (Å²) in [7, 11) is 1.80. The third kappa shape index (κ3) is 5.25. The Hall–Kier alpha value is -1.47. The van der Waals surface area contributed by atoms with Crippen molar-refractivity contribution in [1.82, 2.24) is 20.1 Å². The molecule has 6 nitrogen and oxygen atoms in total. The number of piperazine rings is 1. The summed E-state index contributed by atoms with van der Waals surface area (Å²) in [5.41, 5.74) is 1.25. The van der Waals surface area contributed by atoms with Gasteiger partial charge in [-0.1, -0.05) is 19.3 Å². The molecule has 1 aliphatic heterocycles. The minimum atomic E-state index is -0.0126. The Morgan fingerprint density at radius 3 is 2.88 bits per heavy atom. The monoisotopic (exact) mass is 364 g/mol. The molecule has 3 rings (SSSR count). The molecular formula is C18H28N4O2S. The maximum atomic E-state index is 12.0. The van der Waals surface area contributed by atoms with E-state index in [1.807, 2.05) is 4.90 Å². The zero-order chi connectivity index (χ0) is 17.6. The van der Waals surface area contributed by atoms with E-state index in [0.29, 0.717) is 32.1 Å². The molecule has 2 aliphatic rings. The van der Waals surface area contributed by atoms with Crippen molar-refractivity contribution >= 4 is 23.2 Å². The van der Waals surface area contributed by atoms with Gasteiger partial charge in [0.05, 0.1) is 23.8 Å². The van der Waals surface area contributed by atoms with Crippen molar-refractivity contribution in [3.63, 3.8) is 0 Å². The normalized spacial score (nSPS) is 20.0. The predicted octanol–water partition coefficient (Wildman–Crippen LogP) is 1.62. The summed E-state index contributed by atoms with van der Waals surface area (Å²) < 4.78 is 0. The molecule has 1 N–H and O–H groups in total. The highest BCUT2D eigenvalue weighted by Crippen LogP contribution is 2.33. The Balaban J connectivity index is 1.37. The van der Waals surface area contributed by atoms with Gasteiger partial charge in [-0.15, -0.1) is 11.3 Å². The van der Waals surface area contributed by atoms with Crippen LogP contribution < -0.4 is 5.32 Å². The van der Waals surface area contributed by atoms with E-state index in [2.05, 4.69) is 10.7 Å². The average molecular weight is 365 g/mol. The van der Waals surface area contributed by atoms with Gasteiger partial charge in [0.25, 0.3) is 0 Å². The second kappa shape index (κ2) is 8.76. The number of nitrogens with zero attached hydrogens (tertiary/aromatic N) is 3. The second-order valence-electron chi connectivity index (χ2n) is 7.13. The molecule has 2 fully saturated rings. The van der Waals surface area contributed by atoms with E-state index in [0.717, 1.165) is 18.0 Å². The maximum Gasteiger partial charge on any atom is 0.236 e. The van der Waals surface area contributed by atoms with Gasteiger partial charge in [-0.05, 0) is 12.8 Å². The maximum absolute atomic E-state index is 12.0. The van der Waals surface area contributed by atoms with Crippen molar-refractivity contribution in [2.24, 2.45) is 0 Å². The molecule has 0 atom stereocenters. The molecule has 0 unspecified atom stereocenters. The first-order valence-electron chi connectivity index (χ1n) is 9.29. The lowest BCUT2D eigenvalue weighted by atomic mass is 9.87. The number of carbonyl (C=O) groups excluding carboxylic acids is 2. The number of nitrogens with one attached hydrogen (secondary N) is 1. The fourth-order valence-corrected chi connectivity index (χ4v) is 4.42. The molecule has 0 bridgehead atoms. The SMILES string of the molecule is CN1CCN(CC(=O)NCCc2nc(C3CCCCC3)cs2)CC1=O. The fraction of sp³-hybridized carbons (Fsp3) is 0.722. The quantitative estimate of drug-likeness (QED) is 0.833. The molecule has 25 heavy (non-hydrogen) atoms. The highest BCUT2D eigenvalue weighted by Gasteiger charge is 2.22. The lowest BCUT2D eigenvalue weighted by molar-refractivity contribution is -0.135. The van der Waals surface area contributed by atoms with Gasteiger partial charge in [0.2, 0.25) is 11.8 Å². The molecule has 1 aromatic heterocycles. The van der Waals surface area contributed by atoms with Crippen LogP contribution in [0.15, 0.2) is 5.38 Å². The van der Waals surface area contributed by atoms with Crippen LogP contribution in [-0.4, -0.2) is 66.4 Å². The first kappa shape index (κ1) is 18.3. The summed E-state index contributed by atoms with van der Waals surface area (Å²) in [5.74, 6) is 0.710. The molecule has 1 saturated heterocycles. The topological polar surface area (TPSA) is 65.5 Å². The van der Waals surface area contributed by atoms with E-state index in [9.17, 15) is 9.59 Å². The van der Waals surface area contributed by atoms with Crippen molar-refractivity contribution in [1.29, 1.82) is 0 Å². The van der Waals surface area contributed by atoms with Crippen LogP contribution in [0.2, 0.25) is 0 Å². The van der Waals surface area contributed by atoms with Gasteiger partial charge in [0, 0.05) is 44.4 Å². The van der Waals surface area contributed by atoms with E-state index < -0.39 is 0 Å². The van der Waals surface area contributed by atoms with E-state index in [1.54, 1.807) is 23.3 Å². The van der Waals surface area contributed by atoms with Crippen molar-refractivity contribution in [3.05, 3.63) is 16.1 Å². The summed E-state index contributed by atoms with van der Waals surface area (Å²) in [6.07, 6.45) is 7.32. The van der Waals surface area contributed by atoms with E-state index in [4.69, 9.17) is 4.98 Å². The predicted molar refractivity (Wildman–Crippen MR) is 98.7 cm³/mol. The lowest BCUT2D eigenvalue weighted by Gasteiger charge is -2.31. The van der Waals surface area contributed by atoms with Crippen LogP contribution in [-0.2, 0) is 16.0 Å². The molecule has 0 radical (unpaired) electrons. The van der Waals surface area contributed by atoms with Crippen LogP contribution in [0, 0.1) is 0 Å². The van der Waals surface area contributed by atoms with Crippen molar-refractivity contribution in [2.75, 3.05) is 39.8 Å². The smallest absolute Gasteiger partial charge is 0.236 e. The Kier molecular flexibility index (Phi) is 6.42. The first-order chi connectivity index (χ1) is 12.1. The van der Waals surface area contributed by atoms with Crippen LogP contribution in [0.4, 0.5) is 0 Å². The number of aromatic nitrogens is 1. The van der Waals surface area contributed by atoms with Crippen LogP contribution in [0.5, 0.6) is 0 Å². The van der Waals surface area contributed by atoms with Crippen molar-refractivity contribution in [3.8, 4) is 0 Å². The number of amides is 2. The van der Waals surface area contributed by atoms with Crippen molar-refractivity contribution < 1.29 is 9.59 Å². The number of rotatable bonds is 6. The van der Waals surface area contributed by atoms with Crippen LogP contribution in [0.3, 0.4) is 0 Å². The number of carbonyl (C=O) groups is 2. The molecule has 2 heterocycles. The summed E-state index contributed by atoms with van der Waals surface area (Å²) in [5, 5.41) is 6.26. The van der Waals surface area contributed by atoms with E-state index in [1.165, 1.54) is 37.8 Å². The average Bonchev–Trinajstić information content (AvgIpc) is 3.08. The molecular weight excluding hydrogens is 336 g/mol. The highest BCUT2D eigenvalue weighted by atomic mass is 32.1. The molecule has 1 saturated carbocycles. The van der Waals surface area contributed by atoms with Gasteiger partial charge in [-0.25, -0.2) is 4.98 Å². The Labute approximate surface area is 153 Å². The van der Waals surface area contributed by atoms with E-state index in [-0.39, 0.29) is 11.8 Å². The Morgan fingerprint density at radius 1 is 1.32 bits per heavy atom. The standard InChI is InChI=1S/C18H28N4O2S/c1-21-9-10-22(12-18(21)24)11-16(23)19-8-7-17-20-15(13-25-17)14-5-3-2-4-6-14/h13-14H,2-12H2,1H3,(H,19,23). The van der Waals surface area contributed by atoms with Gasteiger partial charge < -0.3 is 10.2 Å². The summed E-state index contributed by atoms with van der Waals surface area (Å²) >= 11 is 1.71. The number of likely N-dealkylation sites (N-methyl/N-ethyl adjacent to an activating group) is 1. The zero-order valence-corrected chi connectivity index (χ0v) is 15.8. The highest BCUT2D eigenvalue weighted by molar-refractivity contribution is 7.09. The molecule has 138 valence electrons. The third-order valence-electron chi connectivity index (χ3n) is 5.16. The minimum Gasteiger partial charge on any atom is -0.355 e. The van der Waals surface area contributed by atoms with Gasteiger partial charge in [0.15, 0.2) is 0 Å². The Morgan fingerprint density at radius 2 is 2.12 bits per heavy atom. The minimum absolute atomic E-state index is 0.0126. The van der Waals surface area contributed by atoms with Gasteiger partial charge in [-0.3, -0.25) is 14.5 Å². The summed E-state index contributed by atoms with van der Waals surface area (Å²) in [4.78, 5) is 32.1. The number of thiazole rings is 1. The molecule has 0 spiro atoms. The first-order valence-corrected chi connectivity index (χ1v) is 10.2. The fourth-order valence-electron chi connectivity index (χ4n) is 3.54. The Bertz CT molecular complexity index is 598. The number of hydrogen-bond acceptors (Lipinski definition) is 5. The van der Waals surface area contributed by atoms with E-state index >= 15 is 0 Å².